The van der Waals surface area contributed by atoms with E-state index in [0.717, 1.165) is 25.7 Å². The number of carbonyl (C=O) groups excluding carboxylic acids is 1. The molecule has 1 aromatic carbocycles. The van der Waals surface area contributed by atoms with Gasteiger partial charge in [-0.25, -0.2) is 13.9 Å². The zero-order valence-corrected chi connectivity index (χ0v) is 14.8. The Hall–Kier alpha value is -2.77. The van der Waals surface area contributed by atoms with Crippen molar-refractivity contribution in [3.8, 4) is 0 Å². The molecule has 0 bridgehead atoms. The van der Waals surface area contributed by atoms with Crippen molar-refractivity contribution in [2.45, 2.75) is 50.7 Å². The maximum absolute atomic E-state index is 13.3. The van der Waals surface area contributed by atoms with Crippen LogP contribution in [0.25, 0.3) is 0 Å². The fourth-order valence-corrected chi connectivity index (χ4v) is 4.40. The number of hydrogen-bond donors (Lipinski definition) is 1. The molecule has 0 unspecified atom stereocenters. The first kappa shape index (κ1) is 17.6. The Morgan fingerprint density at radius 3 is 2.85 bits per heavy atom. The van der Waals surface area contributed by atoms with Gasteiger partial charge in [-0.2, -0.15) is 0 Å². The minimum Gasteiger partial charge on any atom is -0.480 e. The van der Waals surface area contributed by atoms with Crippen molar-refractivity contribution in [2.24, 2.45) is 5.92 Å². The molecule has 2 aromatic rings. The number of amides is 1. The predicted octanol–water partition coefficient (Wildman–Crippen LogP) is 2.32. The van der Waals surface area contributed by atoms with Crippen LogP contribution >= 0.6 is 0 Å². The standard InChI is InChI=1S/C19H21FN4O3/c20-14-6-3-4-12(8-14)10-23-11-15(21-22-23)18(25)24-16-7-2-1-5-13(16)9-17(24)19(26)27/h3-4,6,8,11,13,16-17H,1-2,5,7,9-10H2,(H,26,27)/t13-,16+,17-/m0/s1. The molecule has 7 nitrogen and oxygen atoms in total. The third-order valence-corrected chi connectivity index (χ3v) is 5.60. The van der Waals surface area contributed by atoms with Gasteiger partial charge in [-0.3, -0.25) is 4.79 Å². The number of halogens is 1. The van der Waals surface area contributed by atoms with Gasteiger partial charge in [-0.1, -0.05) is 30.2 Å². The first-order valence-corrected chi connectivity index (χ1v) is 9.23. The number of carbonyl (C=O) groups is 2. The quantitative estimate of drug-likeness (QED) is 0.890. The Labute approximate surface area is 155 Å². The van der Waals surface area contributed by atoms with E-state index in [4.69, 9.17) is 0 Å². The largest absolute Gasteiger partial charge is 0.480 e. The predicted molar refractivity (Wildman–Crippen MR) is 93.5 cm³/mol. The number of fused-ring (bicyclic) bond motifs is 1. The lowest BCUT2D eigenvalue weighted by Gasteiger charge is -2.32. The fraction of sp³-hybridized carbons (Fsp3) is 0.474. The van der Waals surface area contributed by atoms with E-state index in [2.05, 4.69) is 10.3 Å². The van der Waals surface area contributed by atoms with Crippen LogP contribution in [0.2, 0.25) is 0 Å². The molecule has 1 saturated heterocycles. The van der Waals surface area contributed by atoms with Gasteiger partial charge in [0, 0.05) is 6.04 Å². The summed E-state index contributed by atoms with van der Waals surface area (Å²) in [6.45, 7) is 0.284. The maximum Gasteiger partial charge on any atom is 0.326 e. The summed E-state index contributed by atoms with van der Waals surface area (Å²) >= 11 is 0. The van der Waals surface area contributed by atoms with Crippen molar-refractivity contribution < 1.29 is 19.1 Å². The summed E-state index contributed by atoms with van der Waals surface area (Å²) in [6, 6.07) is 5.29. The second-order valence-corrected chi connectivity index (χ2v) is 7.35. The van der Waals surface area contributed by atoms with Crippen LogP contribution in [-0.2, 0) is 11.3 Å². The molecule has 1 saturated carbocycles. The van der Waals surface area contributed by atoms with E-state index in [1.807, 2.05) is 0 Å². The van der Waals surface area contributed by atoms with Crippen LogP contribution in [0.3, 0.4) is 0 Å². The molecule has 0 spiro atoms. The molecule has 1 N–H and O–H groups in total. The van der Waals surface area contributed by atoms with Gasteiger partial charge in [0.2, 0.25) is 0 Å². The number of carboxylic acids is 1. The summed E-state index contributed by atoms with van der Waals surface area (Å²) in [5.74, 6) is -1.45. The molecular formula is C19H21FN4O3. The van der Waals surface area contributed by atoms with Crippen LogP contribution in [0.4, 0.5) is 4.39 Å². The van der Waals surface area contributed by atoms with Crippen molar-refractivity contribution in [1.82, 2.24) is 19.9 Å². The summed E-state index contributed by atoms with van der Waals surface area (Å²) in [6.07, 6.45) is 5.89. The van der Waals surface area contributed by atoms with E-state index in [1.54, 1.807) is 12.1 Å². The van der Waals surface area contributed by atoms with E-state index in [9.17, 15) is 19.1 Å². The van der Waals surface area contributed by atoms with Gasteiger partial charge in [-0.05, 0) is 42.9 Å². The number of nitrogens with zero attached hydrogens (tertiary/aromatic N) is 4. The van der Waals surface area contributed by atoms with Crippen LogP contribution < -0.4 is 0 Å². The minimum atomic E-state index is -0.968. The topological polar surface area (TPSA) is 88.3 Å². The van der Waals surface area contributed by atoms with E-state index >= 15 is 0 Å². The Bertz CT molecular complexity index is 868. The molecular weight excluding hydrogens is 351 g/mol. The molecule has 27 heavy (non-hydrogen) atoms. The SMILES string of the molecule is O=C(O)[C@@H]1C[C@@H]2CCCC[C@H]2N1C(=O)c1cn(Cc2cccc(F)c2)nn1. The van der Waals surface area contributed by atoms with Gasteiger partial charge in [0.05, 0.1) is 12.7 Å². The molecule has 1 aliphatic carbocycles. The first-order valence-electron chi connectivity index (χ1n) is 9.23. The molecule has 142 valence electrons. The van der Waals surface area contributed by atoms with Crippen molar-refractivity contribution in [1.29, 1.82) is 0 Å². The lowest BCUT2D eigenvalue weighted by molar-refractivity contribution is -0.141. The number of benzene rings is 1. The van der Waals surface area contributed by atoms with Gasteiger partial charge in [0.1, 0.15) is 11.9 Å². The van der Waals surface area contributed by atoms with Crippen LogP contribution in [0.5, 0.6) is 0 Å². The van der Waals surface area contributed by atoms with Crippen molar-refractivity contribution in [3.05, 3.63) is 47.5 Å². The highest BCUT2D eigenvalue weighted by atomic mass is 19.1. The van der Waals surface area contributed by atoms with Crippen LogP contribution in [0.1, 0.15) is 48.2 Å². The highest BCUT2D eigenvalue weighted by Gasteiger charge is 2.48. The van der Waals surface area contributed by atoms with Gasteiger partial charge < -0.3 is 10.0 Å². The van der Waals surface area contributed by atoms with Crippen molar-refractivity contribution >= 4 is 11.9 Å². The molecule has 0 radical (unpaired) electrons. The smallest absolute Gasteiger partial charge is 0.326 e. The fourth-order valence-electron chi connectivity index (χ4n) is 4.40. The number of hydrogen-bond acceptors (Lipinski definition) is 4. The summed E-state index contributed by atoms with van der Waals surface area (Å²) in [5, 5.41) is 17.5. The summed E-state index contributed by atoms with van der Waals surface area (Å²) in [4.78, 5) is 26.2. The lowest BCUT2D eigenvalue weighted by Crippen LogP contribution is -2.46. The van der Waals surface area contributed by atoms with Gasteiger partial charge in [0.15, 0.2) is 5.69 Å². The Balaban J connectivity index is 1.55. The van der Waals surface area contributed by atoms with Crippen molar-refractivity contribution in [3.63, 3.8) is 0 Å². The summed E-state index contributed by atoms with van der Waals surface area (Å²) in [5.41, 5.74) is 0.833. The molecule has 1 amide bonds. The molecule has 4 rings (SSSR count). The van der Waals surface area contributed by atoms with Gasteiger partial charge in [-0.15, -0.1) is 5.10 Å². The molecule has 2 aliphatic rings. The number of aliphatic carboxylic acids is 1. The number of aromatic nitrogens is 3. The molecule has 1 aliphatic heterocycles. The highest BCUT2D eigenvalue weighted by Crippen LogP contribution is 2.40. The van der Waals surface area contributed by atoms with Crippen molar-refractivity contribution in [2.75, 3.05) is 0 Å². The Morgan fingerprint density at radius 2 is 2.07 bits per heavy atom. The first-order chi connectivity index (χ1) is 13.0. The van der Waals surface area contributed by atoms with Gasteiger partial charge >= 0.3 is 5.97 Å². The van der Waals surface area contributed by atoms with Crippen LogP contribution in [0.15, 0.2) is 30.5 Å². The van der Waals surface area contributed by atoms with E-state index in [1.165, 1.54) is 27.9 Å². The number of carboxylic acid groups (broad SMARTS) is 1. The van der Waals surface area contributed by atoms with Gasteiger partial charge in [0.25, 0.3) is 5.91 Å². The molecule has 3 atom stereocenters. The molecule has 2 fully saturated rings. The third-order valence-electron chi connectivity index (χ3n) is 5.60. The summed E-state index contributed by atoms with van der Waals surface area (Å²) < 4.78 is 14.8. The summed E-state index contributed by atoms with van der Waals surface area (Å²) in [7, 11) is 0. The maximum atomic E-state index is 13.3. The normalized spacial score (nSPS) is 24.6. The van der Waals surface area contributed by atoms with E-state index in [-0.39, 0.29) is 35.9 Å². The average Bonchev–Trinajstić information content (AvgIpc) is 3.26. The molecule has 2 heterocycles. The zero-order valence-electron chi connectivity index (χ0n) is 14.8. The van der Waals surface area contributed by atoms with E-state index in [0.29, 0.717) is 12.0 Å². The van der Waals surface area contributed by atoms with Crippen LogP contribution in [-0.4, -0.2) is 49.0 Å². The number of rotatable bonds is 4. The Morgan fingerprint density at radius 1 is 1.26 bits per heavy atom. The molecule has 1 aromatic heterocycles. The number of likely N-dealkylation sites (tertiary alicyclic amines) is 1. The van der Waals surface area contributed by atoms with Crippen LogP contribution in [0, 0.1) is 11.7 Å². The zero-order chi connectivity index (χ0) is 19.0. The lowest BCUT2D eigenvalue weighted by atomic mass is 9.84. The Kier molecular flexibility index (Phi) is 4.63. The average molecular weight is 372 g/mol. The molecule has 8 heteroatoms. The minimum absolute atomic E-state index is 0.0410. The third kappa shape index (κ3) is 3.43. The highest BCUT2D eigenvalue weighted by molar-refractivity contribution is 5.95. The van der Waals surface area contributed by atoms with E-state index < -0.39 is 12.0 Å². The monoisotopic (exact) mass is 372 g/mol. The second kappa shape index (κ2) is 7.09. The second-order valence-electron chi connectivity index (χ2n) is 7.35.